The van der Waals surface area contributed by atoms with Crippen molar-refractivity contribution in [3.8, 4) is 11.5 Å². The summed E-state index contributed by atoms with van der Waals surface area (Å²) in [6.07, 6.45) is 2.70. The zero-order valence-electron chi connectivity index (χ0n) is 16.8. The van der Waals surface area contributed by atoms with Gasteiger partial charge in [0.25, 0.3) is 0 Å². The van der Waals surface area contributed by atoms with E-state index in [0.29, 0.717) is 13.2 Å². The summed E-state index contributed by atoms with van der Waals surface area (Å²) in [4.78, 5) is 13.6. The number of rotatable bonds is 10. The Morgan fingerprint density at radius 2 is 1.59 bits per heavy atom. The van der Waals surface area contributed by atoms with Gasteiger partial charge >= 0.3 is 0 Å². The lowest BCUT2D eigenvalue weighted by Gasteiger charge is -2.32. The van der Waals surface area contributed by atoms with Crippen LogP contribution in [0.25, 0.3) is 0 Å². The molecule has 0 saturated carbocycles. The van der Waals surface area contributed by atoms with Gasteiger partial charge in [0, 0.05) is 32.1 Å². The SMILES string of the molecule is O=C(CO)NC1CCN(CCOc2ccc(OCCc3ccccc3)cc2)CC1. The van der Waals surface area contributed by atoms with Gasteiger partial charge < -0.3 is 19.9 Å². The van der Waals surface area contributed by atoms with Crippen molar-refractivity contribution in [1.29, 1.82) is 0 Å². The molecular formula is C23H30N2O4. The van der Waals surface area contributed by atoms with Gasteiger partial charge in [-0.15, -0.1) is 0 Å². The summed E-state index contributed by atoms with van der Waals surface area (Å²) in [5, 5.41) is 11.6. The molecule has 1 aliphatic heterocycles. The average Bonchev–Trinajstić information content (AvgIpc) is 2.77. The quantitative estimate of drug-likeness (QED) is 0.642. The Morgan fingerprint density at radius 1 is 0.966 bits per heavy atom. The molecule has 1 heterocycles. The number of benzene rings is 2. The van der Waals surface area contributed by atoms with E-state index in [1.165, 1.54) is 5.56 Å². The number of nitrogens with zero attached hydrogens (tertiary/aromatic N) is 1. The first kappa shape index (κ1) is 21.1. The molecule has 0 bridgehead atoms. The van der Waals surface area contributed by atoms with Gasteiger partial charge in [-0.2, -0.15) is 0 Å². The second-order valence-electron chi connectivity index (χ2n) is 7.25. The molecule has 0 atom stereocenters. The molecule has 0 unspecified atom stereocenters. The van der Waals surface area contributed by atoms with Crippen LogP contribution in [0.2, 0.25) is 0 Å². The molecule has 6 heteroatoms. The van der Waals surface area contributed by atoms with Crippen LogP contribution in [0.4, 0.5) is 0 Å². The summed E-state index contributed by atoms with van der Waals surface area (Å²) in [5.41, 5.74) is 1.27. The largest absolute Gasteiger partial charge is 0.493 e. The Bertz CT molecular complexity index is 728. The molecule has 0 radical (unpaired) electrons. The van der Waals surface area contributed by atoms with Crippen LogP contribution in [0, 0.1) is 0 Å². The van der Waals surface area contributed by atoms with E-state index in [0.717, 1.165) is 50.4 Å². The van der Waals surface area contributed by atoms with Crippen LogP contribution in [0.5, 0.6) is 11.5 Å². The van der Waals surface area contributed by atoms with Gasteiger partial charge in [0.15, 0.2) is 0 Å². The summed E-state index contributed by atoms with van der Waals surface area (Å²) in [7, 11) is 0. The van der Waals surface area contributed by atoms with Crippen LogP contribution >= 0.6 is 0 Å². The molecule has 156 valence electrons. The van der Waals surface area contributed by atoms with Crippen molar-refractivity contribution in [2.24, 2.45) is 0 Å². The molecule has 2 N–H and O–H groups in total. The zero-order chi connectivity index (χ0) is 20.3. The summed E-state index contributed by atoms with van der Waals surface area (Å²) in [6, 6.07) is 18.2. The van der Waals surface area contributed by atoms with Crippen molar-refractivity contribution >= 4 is 5.91 Å². The van der Waals surface area contributed by atoms with Gasteiger partial charge in [0.2, 0.25) is 5.91 Å². The van der Waals surface area contributed by atoms with Crippen LogP contribution in [0.15, 0.2) is 54.6 Å². The number of nitrogens with one attached hydrogen (secondary N) is 1. The van der Waals surface area contributed by atoms with Crippen LogP contribution in [0.3, 0.4) is 0 Å². The number of carbonyl (C=O) groups excluding carboxylic acids is 1. The first-order valence-corrected chi connectivity index (χ1v) is 10.2. The van der Waals surface area contributed by atoms with Gasteiger partial charge in [-0.3, -0.25) is 9.69 Å². The molecule has 29 heavy (non-hydrogen) atoms. The smallest absolute Gasteiger partial charge is 0.245 e. The Labute approximate surface area is 172 Å². The molecule has 2 aromatic carbocycles. The van der Waals surface area contributed by atoms with Gasteiger partial charge in [-0.25, -0.2) is 0 Å². The van der Waals surface area contributed by atoms with E-state index in [-0.39, 0.29) is 11.9 Å². The predicted molar refractivity (Wildman–Crippen MR) is 112 cm³/mol. The predicted octanol–water partition coefficient (Wildman–Crippen LogP) is 2.26. The van der Waals surface area contributed by atoms with Crippen LogP contribution < -0.4 is 14.8 Å². The molecule has 1 aliphatic rings. The third-order valence-electron chi connectivity index (χ3n) is 5.10. The van der Waals surface area contributed by atoms with E-state index in [2.05, 4.69) is 22.3 Å². The minimum absolute atomic E-state index is 0.168. The van der Waals surface area contributed by atoms with Crippen molar-refractivity contribution in [1.82, 2.24) is 10.2 Å². The second-order valence-corrected chi connectivity index (χ2v) is 7.25. The first-order chi connectivity index (χ1) is 14.2. The summed E-state index contributed by atoms with van der Waals surface area (Å²) < 4.78 is 11.6. The highest BCUT2D eigenvalue weighted by Crippen LogP contribution is 2.18. The number of hydrogen-bond acceptors (Lipinski definition) is 5. The lowest BCUT2D eigenvalue weighted by Crippen LogP contribution is -2.46. The average molecular weight is 399 g/mol. The van der Waals surface area contributed by atoms with Gasteiger partial charge in [0.1, 0.15) is 24.7 Å². The van der Waals surface area contributed by atoms with Crippen LogP contribution in [-0.2, 0) is 11.2 Å². The van der Waals surface area contributed by atoms with E-state index in [1.54, 1.807) is 0 Å². The summed E-state index contributed by atoms with van der Waals surface area (Å²) in [5.74, 6) is 1.39. The Hall–Kier alpha value is -2.57. The fourth-order valence-corrected chi connectivity index (χ4v) is 3.43. The van der Waals surface area contributed by atoms with E-state index in [9.17, 15) is 4.79 Å². The molecule has 0 aromatic heterocycles. The normalized spacial score (nSPS) is 15.1. The Morgan fingerprint density at radius 3 is 2.21 bits per heavy atom. The van der Waals surface area contributed by atoms with Crippen molar-refractivity contribution in [2.75, 3.05) is 39.5 Å². The van der Waals surface area contributed by atoms with E-state index >= 15 is 0 Å². The zero-order valence-corrected chi connectivity index (χ0v) is 16.8. The minimum Gasteiger partial charge on any atom is -0.493 e. The van der Waals surface area contributed by atoms with Crippen molar-refractivity contribution in [3.05, 3.63) is 60.2 Å². The Kier molecular flexibility index (Phi) is 8.34. The third kappa shape index (κ3) is 7.40. The molecule has 2 aromatic rings. The number of piperidine rings is 1. The standard InChI is InChI=1S/C23H30N2O4/c26-18-23(27)24-20-10-13-25(14-11-20)15-17-29-22-8-6-21(7-9-22)28-16-12-19-4-2-1-3-5-19/h1-9,20,26H,10-18H2,(H,24,27). The topological polar surface area (TPSA) is 71.0 Å². The van der Waals surface area contributed by atoms with Crippen LogP contribution in [0.1, 0.15) is 18.4 Å². The minimum atomic E-state index is -0.440. The lowest BCUT2D eigenvalue weighted by molar-refractivity contribution is -0.124. The summed E-state index contributed by atoms with van der Waals surface area (Å²) >= 11 is 0. The van der Waals surface area contributed by atoms with E-state index in [4.69, 9.17) is 14.6 Å². The molecule has 0 aliphatic carbocycles. The number of amides is 1. The highest BCUT2D eigenvalue weighted by molar-refractivity contribution is 5.77. The van der Waals surface area contributed by atoms with Gasteiger partial charge in [-0.05, 0) is 42.7 Å². The maximum atomic E-state index is 11.2. The van der Waals surface area contributed by atoms with Crippen molar-refractivity contribution < 1.29 is 19.4 Å². The molecule has 0 spiro atoms. The monoisotopic (exact) mass is 398 g/mol. The number of hydrogen-bond donors (Lipinski definition) is 2. The maximum Gasteiger partial charge on any atom is 0.245 e. The number of likely N-dealkylation sites (tertiary alicyclic amines) is 1. The summed E-state index contributed by atoms with van der Waals surface area (Å²) in [6.45, 7) is 3.55. The molecule has 1 amide bonds. The lowest BCUT2D eigenvalue weighted by atomic mass is 10.1. The maximum absolute atomic E-state index is 11.2. The molecule has 3 rings (SSSR count). The number of aliphatic hydroxyl groups is 1. The number of carbonyl (C=O) groups is 1. The molecule has 1 fully saturated rings. The fourth-order valence-electron chi connectivity index (χ4n) is 3.43. The van der Waals surface area contributed by atoms with Crippen molar-refractivity contribution in [3.63, 3.8) is 0 Å². The third-order valence-corrected chi connectivity index (χ3v) is 5.10. The second kappa shape index (κ2) is 11.4. The van der Waals surface area contributed by atoms with E-state index in [1.807, 2.05) is 42.5 Å². The Balaban J connectivity index is 1.30. The highest BCUT2D eigenvalue weighted by Gasteiger charge is 2.20. The van der Waals surface area contributed by atoms with Gasteiger partial charge in [-0.1, -0.05) is 30.3 Å². The van der Waals surface area contributed by atoms with Gasteiger partial charge in [0.05, 0.1) is 6.61 Å². The number of aliphatic hydroxyl groups excluding tert-OH is 1. The molecule has 1 saturated heterocycles. The highest BCUT2D eigenvalue weighted by atomic mass is 16.5. The molecule has 6 nitrogen and oxygen atoms in total. The fraction of sp³-hybridized carbons (Fsp3) is 0.435. The number of ether oxygens (including phenoxy) is 2. The van der Waals surface area contributed by atoms with Crippen LogP contribution in [-0.4, -0.2) is 61.4 Å². The van der Waals surface area contributed by atoms with Crippen molar-refractivity contribution in [2.45, 2.75) is 25.3 Å². The van der Waals surface area contributed by atoms with E-state index < -0.39 is 6.61 Å². The first-order valence-electron chi connectivity index (χ1n) is 10.2. The molecular weight excluding hydrogens is 368 g/mol.